The smallest absolute Gasteiger partial charge is 0.249 e. The number of rotatable bonds is 2. The van der Waals surface area contributed by atoms with Gasteiger partial charge in [0.2, 0.25) is 11.8 Å². The van der Waals surface area contributed by atoms with E-state index in [-0.39, 0.29) is 30.2 Å². The molecule has 0 spiro atoms. The van der Waals surface area contributed by atoms with Crippen LogP contribution in [0.2, 0.25) is 0 Å². The van der Waals surface area contributed by atoms with Gasteiger partial charge in [0.05, 0.1) is 6.54 Å². The molecule has 0 bridgehead atoms. The molecule has 1 aliphatic rings. The van der Waals surface area contributed by atoms with E-state index >= 15 is 0 Å². The Morgan fingerprint density at radius 3 is 2.74 bits per heavy atom. The molecule has 1 aromatic rings. The Balaban J connectivity index is 2.33. The van der Waals surface area contributed by atoms with Crippen LogP contribution in [0.25, 0.3) is 0 Å². The lowest BCUT2D eigenvalue weighted by Gasteiger charge is -2.33. The fourth-order valence-electron chi connectivity index (χ4n) is 2.13. The number of phenolic OH excluding ortho intramolecular Hbond substituents is 1. The second-order valence-electron chi connectivity index (χ2n) is 4.75. The summed E-state index contributed by atoms with van der Waals surface area (Å²) in [6, 6.07) is 4.25. The SMILES string of the molecule is CC(N)c1ccc(N2CC(=O)NC(=O)C2C)cc1O. The number of nitrogens with zero attached hydrogens (tertiary/aromatic N) is 1. The molecule has 2 atom stereocenters. The van der Waals surface area contributed by atoms with Crippen molar-refractivity contribution in [3.8, 4) is 5.75 Å². The molecular weight excluding hydrogens is 246 g/mol. The van der Waals surface area contributed by atoms with E-state index in [9.17, 15) is 14.7 Å². The van der Waals surface area contributed by atoms with Crippen molar-refractivity contribution in [3.63, 3.8) is 0 Å². The van der Waals surface area contributed by atoms with Gasteiger partial charge in [-0.15, -0.1) is 0 Å². The summed E-state index contributed by atoms with van der Waals surface area (Å²) in [5.41, 5.74) is 6.97. The van der Waals surface area contributed by atoms with Crippen LogP contribution in [-0.4, -0.2) is 29.5 Å². The van der Waals surface area contributed by atoms with E-state index in [2.05, 4.69) is 5.32 Å². The van der Waals surface area contributed by atoms with E-state index in [0.29, 0.717) is 11.3 Å². The van der Waals surface area contributed by atoms with E-state index < -0.39 is 6.04 Å². The van der Waals surface area contributed by atoms with E-state index in [1.54, 1.807) is 30.9 Å². The number of carbonyl (C=O) groups is 2. The Morgan fingerprint density at radius 1 is 1.47 bits per heavy atom. The first-order valence-electron chi connectivity index (χ1n) is 6.09. The summed E-state index contributed by atoms with van der Waals surface area (Å²) in [6.07, 6.45) is 0. The zero-order valence-electron chi connectivity index (χ0n) is 10.9. The topological polar surface area (TPSA) is 95.7 Å². The highest BCUT2D eigenvalue weighted by atomic mass is 16.3. The minimum absolute atomic E-state index is 0.0677. The first kappa shape index (κ1) is 13.4. The summed E-state index contributed by atoms with van der Waals surface area (Å²) in [5.74, 6) is -0.621. The minimum atomic E-state index is -0.460. The van der Waals surface area contributed by atoms with Crippen LogP contribution in [0, 0.1) is 0 Å². The van der Waals surface area contributed by atoms with Crippen LogP contribution in [0.5, 0.6) is 5.75 Å². The number of hydrogen-bond acceptors (Lipinski definition) is 5. The summed E-state index contributed by atoms with van der Waals surface area (Å²) >= 11 is 0. The molecule has 0 aromatic heterocycles. The number of aromatic hydroxyl groups is 1. The predicted octanol–water partition coefficient (Wildman–Crippen LogP) is 0.263. The van der Waals surface area contributed by atoms with Crippen molar-refractivity contribution in [2.75, 3.05) is 11.4 Å². The molecule has 1 saturated heterocycles. The minimum Gasteiger partial charge on any atom is -0.508 e. The summed E-state index contributed by atoms with van der Waals surface area (Å²) in [7, 11) is 0. The van der Waals surface area contributed by atoms with Gasteiger partial charge in [0.15, 0.2) is 0 Å². The molecule has 0 saturated carbocycles. The van der Waals surface area contributed by atoms with Crippen LogP contribution in [0.1, 0.15) is 25.5 Å². The van der Waals surface area contributed by atoms with Gasteiger partial charge in [0.25, 0.3) is 0 Å². The van der Waals surface area contributed by atoms with Gasteiger partial charge >= 0.3 is 0 Å². The molecule has 2 rings (SSSR count). The Hall–Kier alpha value is -2.08. The Labute approximate surface area is 111 Å². The zero-order chi connectivity index (χ0) is 14.2. The summed E-state index contributed by atoms with van der Waals surface area (Å²) in [4.78, 5) is 24.6. The molecule has 2 unspecified atom stereocenters. The van der Waals surface area contributed by atoms with Crippen LogP contribution in [-0.2, 0) is 9.59 Å². The Bertz CT molecular complexity index is 528. The van der Waals surface area contributed by atoms with Gasteiger partial charge in [-0.05, 0) is 19.9 Å². The molecule has 19 heavy (non-hydrogen) atoms. The van der Waals surface area contributed by atoms with Gasteiger partial charge in [-0.1, -0.05) is 6.07 Å². The lowest BCUT2D eigenvalue weighted by Crippen LogP contribution is -2.57. The second-order valence-corrected chi connectivity index (χ2v) is 4.75. The first-order valence-corrected chi connectivity index (χ1v) is 6.09. The van der Waals surface area contributed by atoms with Gasteiger partial charge in [0, 0.05) is 23.4 Å². The van der Waals surface area contributed by atoms with Crippen LogP contribution in [0.3, 0.4) is 0 Å². The lowest BCUT2D eigenvalue weighted by atomic mass is 10.1. The fourth-order valence-corrected chi connectivity index (χ4v) is 2.13. The predicted molar refractivity (Wildman–Crippen MR) is 70.7 cm³/mol. The number of phenols is 1. The number of imide groups is 1. The maximum atomic E-state index is 11.6. The van der Waals surface area contributed by atoms with Crippen molar-refractivity contribution in [1.29, 1.82) is 0 Å². The Morgan fingerprint density at radius 2 is 2.16 bits per heavy atom. The summed E-state index contributed by atoms with van der Waals surface area (Å²) < 4.78 is 0. The third-order valence-corrected chi connectivity index (χ3v) is 3.26. The quantitative estimate of drug-likeness (QED) is 0.665. The van der Waals surface area contributed by atoms with Crippen molar-refractivity contribution < 1.29 is 14.7 Å². The largest absolute Gasteiger partial charge is 0.508 e. The Kier molecular flexibility index (Phi) is 3.44. The second kappa shape index (κ2) is 4.89. The monoisotopic (exact) mass is 263 g/mol. The van der Waals surface area contributed by atoms with Crippen molar-refractivity contribution in [2.24, 2.45) is 5.73 Å². The van der Waals surface area contributed by atoms with E-state index in [1.807, 2.05) is 0 Å². The summed E-state index contributed by atoms with van der Waals surface area (Å²) in [5, 5.41) is 12.2. The van der Waals surface area contributed by atoms with Crippen molar-refractivity contribution in [2.45, 2.75) is 25.9 Å². The number of piperazine rings is 1. The van der Waals surface area contributed by atoms with Crippen LogP contribution in [0.15, 0.2) is 18.2 Å². The highest BCUT2D eigenvalue weighted by molar-refractivity contribution is 6.04. The molecule has 1 aliphatic heterocycles. The van der Waals surface area contributed by atoms with Gasteiger partial charge in [-0.3, -0.25) is 14.9 Å². The molecule has 0 radical (unpaired) electrons. The number of anilines is 1. The fraction of sp³-hybridized carbons (Fsp3) is 0.385. The van der Waals surface area contributed by atoms with E-state index in [4.69, 9.17) is 5.73 Å². The lowest BCUT2D eigenvalue weighted by molar-refractivity contribution is -0.132. The molecule has 102 valence electrons. The molecule has 1 fully saturated rings. The molecule has 6 nitrogen and oxygen atoms in total. The molecule has 6 heteroatoms. The standard InChI is InChI=1S/C13H17N3O3/c1-7(14)10-4-3-9(5-11(10)17)16-6-12(18)15-13(19)8(16)2/h3-5,7-8,17H,6,14H2,1-2H3,(H,15,18,19). The van der Waals surface area contributed by atoms with E-state index in [0.717, 1.165) is 0 Å². The van der Waals surface area contributed by atoms with Crippen molar-refractivity contribution in [1.82, 2.24) is 5.32 Å². The number of amides is 2. The molecule has 1 heterocycles. The third kappa shape index (κ3) is 2.53. The average Bonchev–Trinajstić information content (AvgIpc) is 2.33. The maximum absolute atomic E-state index is 11.6. The molecule has 4 N–H and O–H groups in total. The van der Waals surface area contributed by atoms with Gasteiger partial charge in [-0.2, -0.15) is 0 Å². The molecule has 1 aromatic carbocycles. The molecule has 2 amide bonds. The van der Waals surface area contributed by atoms with E-state index in [1.165, 1.54) is 6.07 Å². The van der Waals surface area contributed by atoms with Gasteiger partial charge < -0.3 is 15.7 Å². The summed E-state index contributed by atoms with van der Waals surface area (Å²) in [6.45, 7) is 3.57. The number of nitrogens with two attached hydrogens (primary N) is 1. The van der Waals surface area contributed by atoms with Crippen molar-refractivity contribution in [3.05, 3.63) is 23.8 Å². The van der Waals surface area contributed by atoms with Crippen molar-refractivity contribution >= 4 is 17.5 Å². The number of carbonyl (C=O) groups excluding carboxylic acids is 2. The highest BCUT2D eigenvalue weighted by Crippen LogP contribution is 2.29. The van der Waals surface area contributed by atoms with Gasteiger partial charge in [-0.25, -0.2) is 0 Å². The number of benzene rings is 1. The zero-order valence-corrected chi connectivity index (χ0v) is 10.9. The molecule has 0 aliphatic carbocycles. The maximum Gasteiger partial charge on any atom is 0.249 e. The third-order valence-electron chi connectivity index (χ3n) is 3.26. The molecular formula is C13H17N3O3. The number of nitrogens with one attached hydrogen (secondary N) is 1. The van der Waals surface area contributed by atoms with Gasteiger partial charge in [0.1, 0.15) is 11.8 Å². The highest BCUT2D eigenvalue weighted by Gasteiger charge is 2.30. The van der Waals surface area contributed by atoms with Crippen LogP contribution >= 0.6 is 0 Å². The average molecular weight is 263 g/mol. The van der Waals surface area contributed by atoms with Crippen LogP contribution in [0.4, 0.5) is 5.69 Å². The van der Waals surface area contributed by atoms with Crippen LogP contribution < -0.4 is 16.0 Å². The number of hydrogen-bond donors (Lipinski definition) is 3. The normalized spacial score (nSPS) is 21.2. The first-order chi connectivity index (χ1) is 8.90.